The van der Waals surface area contributed by atoms with Gasteiger partial charge in [0.1, 0.15) is 11.6 Å². The first-order valence-corrected chi connectivity index (χ1v) is 6.61. The predicted molar refractivity (Wildman–Crippen MR) is 76.6 cm³/mol. The van der Waals surface area contributed by atoms with Gasteiger partial charge in [-0.05, 0) is 50.6 Å². The fraction of sp³-hybridized carbons (Fsp3) is 0.312. The summed E-state index contributed by atoms with van der Waals surface area (Å²) in [7, 11) is 0. The van der Waals surface area contributed by atoms with Crippen molar-refractivity contribution < 1.29 is 13.6 Å². The average Bonchev–Trinajstić information content (AvgIpc) is 2.91. The Hall–Kier alpha value is -2.10. The van der Waals surface area contributed by atoms with Gasteiger partial charge in [-0.3, -0.25) is 4.79 Å². The van der Waals surface area contributed by atoms with Gasteiger partial charge in [0, 0.05) is 17.8 Å². The number of benzene rings is 1. The third-order valence-corrected chi connectivity index (χ3v) is 3.31. The molecule has 0 saturated heterocycles. The van der Waals surface area contributed by atoms with Crippen LogP contribution >= 0.6 is 0 Å². The minimum Gasteiger partial charge on any atom is -0.467 e. The summed E-state index contributed by atoms with van der Waals surface area (Å²) in [5.41, 5.74) is 1.68. The highest BCUT2D eigenvalue weighted by Crippen LogP contribution is 2.26. The normalized spacial score (nSPS) is 10.6. The number of hydrogen-bond acceptors (Lipinski definition) is 3. The van der Waals surface area contributed by atoms with E-state index in [1.54, 1.807) is 19.3 Å². The Bertz CT molecular complexity index is 605. The Morgan fingerprint density at radius 3 is 2.70 bits per heavy atom. The third-order valence-electron chi connectivity index (χ3n) is 3.31. The van der Waals surface area contributed by atoms with E-state index in [0.29, 0.717) is 24.2 Å². The number of halogens is 1. The summed E-state index contributed by atoms with van der Waals surface area (Å²) < 4.78 is 19.0. The van der Waals surface area contributed by atoms with Crippen molar-refractivity contribution >= 4 is 11.5 Å². The average molecular weight is 275 g/mol. The zero-order chi connectivity index (χ0) is 14.7. The maximum absolute atomic E-state index is 13.7. The maximum Gasteiger partial charge on any atom is 0.161 e. The second-order valence-corrected chi connectivity index (χ2v) is 4.77. The van der Waals surface area contributed by atoms with E-state index in [4.69, 9.17) is 4.42 Å². The molecule has 0 bridgehead atoms. The lowest BCUT2D eigenvalue weighted by atomic mass is 10.0. The van der Waals surface area contributed by atoms with Crippen LogP contribution in [0.5, 0.6) is 0 Å². The van der Waals surface area contributed by atoms with Crippen LogP contribution in [0.2, 0.25) is 0 Å². The number of furan rings is 1. The quantitative estimate of drug-likeness (QED) is 0.774. The van der Waals surface area contributed by atoms with Crippen LogP contribution in [-0.2, 0) is 6.54 Å². The number of carbonyl (C=O) groups is 1. The summed E-state index contributed by atoms with van der Waals surface area (Å²) in [4.78, 5) is 13.7. The van der Waals surface area contributed by atoms with Crippen molar-refractivity contribution in [2.75, 3.05) is 11.4 Å². The van der Waals surface area contributed by atoms with Crippen LogP contribution in [0, 0.1) is 12.7 Å². The maximum atomic E-state index is 13.7. The molecule has 0 spiro atoms. The van der Waals surface area contributed by atoms with Crippen molar-refractivity contribution in [3.63, 3.8) is 0 Å². The molecule has 0 saturated carbocycles. The molecule has 0 aliphatic carbocycles. The van der Waals surface area contributed by atoms with E-state index in [0.717, 1.165) is 11.4 Å². The number of hydrogen-bond donors (Lipinski definition) is 0. The van der Waals surface area contributed by atoms with Gasteiger partial charge in [-0.1, -0.05) is 0 Å². The molecule has 0 radical (unpaired) electrons. The SMILES string of the molecule is CCN(Cc1ccco1)c1cc(C)c(F)cc1C(C)=O. The van der Waals surface area contributed by atoms with Crippen molar-refractivity contribution in [3.05, 3.63) is 53.2 Å². The highest BCUT2D eigenvalue weighted by molar-refractivity contribution is 5.99. The van der Waals surface area contributed by atoms with Crippen molar-refractivity contribution in [2.45, 2.75) is 27.3 Å². The molecule has 4 heteroatoms. The van der Waals surface area contributed by atoms with E-state index in [1.165, 1.54) is 13.0 Å². The minimum absolute atomic E-state index is 0.142. The summed E-state index contributed by atoms with van der Waals surface area (Å²) in [6, 6.07) is 6.74. The second-order valence-electron chi connectivity index (χ2n) is 4.77. The zero-order valence-corrected chi connectivity index (χ0v) is 11.9. The molecule has 0 aliphatic rings. The van der Waals surface area contributed by atoms with Gasteiger partial charge in [-0.2, -0.15) is 0 Å². The van der Waals surface area contributed by atoms with E-state index < -0.39 is 0 Å². The fourth-order valence-corrected chi connectivity index (χ4v) is 2.17. The van der Waals surface area contributed by atoms with Gasteiger partial charge in [-0.15, -0.1) is 0 Å². The molecule has 0 amide bonds. The molecule has 0 unspecified atom stereocenters. The Morgan fingerprint density at radius 2 is 2.15 bits per heavy atom. The van der Waals surface area contributed by atoms with Crippen molar-refractivity contribution in [1.29, 1.82) is 0 Å². The highest BCUT2D eigenvalue weighted by Gasteiger charge is 2.17. The smallest absolute Gasteiger partial charge is 0.161 e. The Morgan fingerprint density at radius 1 is 1.40 bits per heavy atom. The molecule has 1 aromatic carbocycles. The van der Waals surface area contributed by atoms with Gasteiger partial charge in [0.2, 0.25) is 0 Å². The van der Waals surface area contributed by atoms with Crippen LogP contribution in [0.3, 0.4) is 0 Å². The Labute approximate surface area is 118 Å². The second kappa shape index (κ2) is 5.90. The topological polar surface area (TPSA) is 33.5 Å². The van der Waals surface area contributed by atoms with E-state index in [9.17, 15) is 9.18 Å². The molecule has 2 aromatic rings. The summed E-state index contributed by atoms with van der Waals surface area (Å²) in [6.45, 7) is 6.39. The van der Waals surface area contributed by atoms with Crippen LogP contribution in [0.4, 0.5) is 10.1 Å². The van der Waals surface area contributed by atoms with Gasteiger partial charge in [0.05, 0.1) is 12.8 Å². The number of carbonyl (C=O) groups excluding carboxylic acids is 1. The van der Waals surface area contributed by atoms with Gasteiger partial charge in [0.15, 0.2) is 5.78 Å². The minimum atomic E-state index is -0.354. The van der Waals surface area contributed by atoms with E-state index in [1.807, 2.05) is 24.0 Å². The number of nitrogens with zero attached hydrogens (tertiary/aromatic N) is 1. The predicted octanol–water partition coefficient (Wildman–Crippen LogP) is 3.96. The van der Waals surface area contributed by atoms with Gasteiger partial charge < -0.3 is 9.32 Å². The molecule has 0 N–H and O–H groups in total. The zero-order valence-electron chi connectivity index (χ0n) is 11.9. The van der Waals surface area contributed by atoms with E-state index in [2.05, 4.69) is 0 Å². The molecule has 0 fully saturated rings. The van der Waals surface area contributed by atoms with Gasteiger partial charge in [-0.25, -0.2) is 4.39 Å². The Balaban J connectivity index is 2.42. The van der Waals surface area contributed by atoms with Crippen molar-refractivity contribution in [3.8, 4) is 0 Å². The van der Waals surface area contributed by atoms with E-state index >= 15 is 0 Å². The van der Waals surface area contributed by atoms with Crippen molar-refractivity contribution in [1.82, 2.24) is 0 Å². The van der Waals surface area contributed by atoms with Crippen molar-refractivity contribution in [2.24, 2.45) is 0 Å². The highest BCUT2D eigenvalue weighted by atomic mass is 19.1. The molecular formula is C16H18FNO2. The largest absolute Gasteiger partial charge is 0.467 e. The molecule has 2 rings (SSSR count). The summed E-state index contributed by atoms with van der Waals surface area (Å²) in [5.74, 6) is 0.313. The lowest BCUT2D eigenvalue weighted by Gasteiger charge is -2.24. The van der Waals surface area contributed by atoms with Crippen LogP contribution in [0.15, 0.2) is 34.9 Å². The first kappa shape index (κ1) is 14.3. The summed E-state index contributed by atoms with van der Waals surface area (Å²) >= 11 is 0. The lowest BCUT2D eigenvalue weighted by molar-refractivity contribution is 0.101. The number of ketones is 1. The summed E-state index contributed by atoms with van der Waals surface area (Å²) in [5, 5.41) is 0. The molecule has 106 valence electrons. The molecule has 0 atom stereocenters. The van der Waals surface area contributed by atoms with Gasteiger partial charge >= 0.3 is 0 Å². The van der Waals surface area contributed by atoms with Gasteiger partial charge in [0.25, 0.3) is 0 Å². The van der Waals surface area contributed by atoms with Crippen LogP contribution < -0.4 is 4.90 Å². The fourth-order valence-electron chi connectivity index (χ4n) is 2.17. The molecule has 1 heterocycles. The number of anilines is 1. The molecule has 1 aromatic heterocycles. The molecule has 0 aliphatic heterocycles. The summed E-state index contributed by atoms with van der Waals surface area (Å²) in [6.07, 6.45) is 1.62. The monoisotopic (exact) mass is 275 g/mol. The molecule has 20 heavy (non-hydrogen) atoms. The number of Topliss-reactive ketones (excluding diaryl/α,β-unsaturated/α-hetero) is 1. The molecular weight excluding hydrogens is 257 g/mol. The van der Waals surface area contributed by atoms with E-state index in [-0.39, 0.29) is 11.6 Å². The number of rotatable bonds is 5. The lowest BCUT2D eigenvalue weighted by Crippen LogP contribution is -2.24. The van der Waals surface area contributed by atoms with Crippen LogP contribution in [0.1, 0.15) is 35.5 Å². The first-order chi connectivity index (χ1) is 9.52. The first-order valence-electron chi connectivity index (χ1n) is 6.61. The van der Waals surface area contributed by atoms with Crippen LogP contribution in [-0.4, -0.2) is 12.3 Å². The van der Waals surface area contributed by atoms with Crippen LogP contribution in [0.25, 0.3) is 0 Å². The number of aryl methyl sites for hydroxylation is 1. The Kier molecular flexibility index (Phi) is 4.23. The third kappa shape index (κ3) is 2.90. The molecule has 3 nitrogen and oxygen atoms in total. The standard InChI is InChI=1S/C16H18FNO2/c1-4-18(10-13-6-5-7-20-13)16-8-11(2)15(17)9-14(16)12(3)19/h5-9H,4,10H2,1-3H3.